The number of rotatable bonds is 3. The fourth-order valence-corrected chi connectivity index (χ4v) is 3.17. The summed E-state index contributed by atoms with van der Waals surface area (Å²) in [5, 5.41) is 20.5. The second-order valence-electron chi connectivity index (χ2n) is 5.68. The minimum atomic E-state index is -0.776. The lowest BCUT2D eigenvalue weighted by molar-refractivity contribution is 0.0416. The second kappa shape index (κ2) is 6.76. The topological polar surface area (TPSA) is 53.2 Å². The molecule has 1 aliphatic carbocycles. The average Bonchev–Trinajstić information content (AvgIpc) is 2.47. The minimum Gasteiger partial charge on any atom is -0.496 e. The van der Waals surface area contributed by atoms with E-state index in [4.69, 9.17) is 4.74 Å². The van der Waals surface area contributed by atoms with E-state index >= 15 is 0 Å². The van der Waals surface area contributed by atoms with Gasteiger partial charge < -0.3 is 9.84 Å². The normalized spacial score (nSPS) is 20.2. The Kier molecular flexibility index (Phi) is 5.03. The molecule has 0 spiro atoms. The number of benzene rings is 1. The summed E-state index contributed by atoms with van der Waals surface area (Å²) < 4.78 is 5.33. The summed E-state index contributed by atoms with van der Waals surface area (Å²) in [5.41, 5.74) is 0.0619. The van der Waals surface area contributed by atoms with E-state index in [-0.39, 0.29) is 0 Å². The second-order valence-corrected chi connectivity index (χ2v) is 5.68. The predicted octanol–water partition coefficient (Wildman–Crippen LogP) is 3.98. The number of aliphatic hydroxyl groups is 1. The molecule has 1 unspecified atom stereocenters. The average molecular weight is 273 g/mol. The molecule has 1 aromatic rings. The first-order valence-corrected chi connectivity index (χ1v) is 7.46. The lowest BCUT2D eigenvalue weighted by Crippen LogP contribution is -2.28. The molecule has 0 aromatic heterocycles. The molecule has 3 heteroatoms. The highest BCUT2D eigenvalue weighted by Gasteiger charge is 2.39. The number of para-hydroxylation sites is 1. The Morgan fingerprint density at radius 3 is 2.35 bits per heavy atom. The lowest BCUT2D eigenvalue weighted by Gasteiger charge is -2.34. The molecular formula is C17H23NO2. The fraction of sp³-hybridized carbons (Fsp3) is 0.588. The van der Waals surface area contributed by atoms with Crippen LogP contribution in [0.1, 0.15) is 56.6 Å². The van der Waals surface area contributed by atoms with Crippen molar-refractivity contribution in [2.45, 2.75) is 51.0 Å². The van der Waals surface area contributed by atoms with Crippen molar-refractivity contribution in [3.8, 4) is 11.8 Å². The quantitative estimate of drug-likeness (QED) is 0.906. The summed E-state index contributed by atoms with van der Waals surface area (Å²) in [7, 11) is 1.60. The molecule has 3 nitrogen and oxygen atoms in total. The Morgan fingerprint density at radius 1 is 1.15 bits per heavy atom. The van der Waals surface area contributed by atoms with Crippen molar-refractivity contribution in [2.75, 3.05) is 7.11 Å². The number of hydrogen-bond donors (Lipinski definition) is 1. The standard InChI is InChI=1S/C17H23NO2/c1-20-15-10-6-5-9-14(15)16(19)17(13-18)11-7-3-2-4-8-12-17/h5-6,9-10,16,19H,2-4,7-8,11-12H2,1H3. The molecule has 0 heterocycles. The molecule has 0 bridgehead atoms. The number of nitrogens with zero attached hydrogens (tertiary/aromatic N) is 1. The van der Waals surface area contributed by atoms with Crippen molar-refractivity contribution < 1.29 is 9.84 Å². The van der Waals surface area contributed by atoms with Gasteiger partial charge in [0.2, 0.25) is 0 Å². The summed E-state index contributed by atoms with van der Waals surface area (Å²) >= 11 is 0. The predicted molar refractivity (Wildman–Crippen MR) is 78.3 cm³/mol. The van der Waals surface area contributed by atoms with Gasteiger partial charge in [0.15, 0.2) is 0 Å². The van der Waals surface area contributed by atoms with Crippen molar-refractivity contribution in [3.05, 3.63) is 29.8 Å². The monoisotopic (exact) mass is 273 g/mol. The van der Waals surface area contributed by atoms with Gasteiger partial charge in [0.05, 0.1) is 18.6 Å². The SMILES string of the molecule is COc1ccccc1C(O)C1(C#N)CCCCCCC1. The molecule has 2 rings (SSSR count). The summed E-state index contributed by atoms with van der Waals surface area (Å²) in [4.78, 5) is 0. The molecular weight excluding hydrogens is 250 g/mol. The van der Waals surface area contributed by atoms with E-state index < -0.39 is 11.5 Å². The van der Waals surface area contributed by atoms with E-state index in [2.05, 4.69) is 6.07 Å². The number of aliphatic hydroxyl groups excluding tert-OH is 1. The van der Waals surface area contributed by atoms with Gasteiger partial charge in [0.1, 0.15) is 11.9 Å². The van der Waals surface area contributed by atoms with E-state index in [9.17, 15) is 10.4 Å². The van der Waals surface area contributed by atoms with Crippen molar-refractivity contribution in [1.29, 1.82) is 5.26 Å². The third-order valence-electron chi connectivity index (χ3n) is 4.43. The van der Waals surface area contributed by atoms with Gasteiger partial charge >= 0.3 is 0 Å². The van der Waals surface area contributed by atoms with Crippen LogP contribution < -0.4 is 4.74 Å². The number of hydrogen-bond acceptors (Lipinski definition) is 3. The first-order valence-electron chi connectivity index (χ1n) is 7.46. The summed E-state index contributed by atoms with van der Waals surface area (Å²) in [5.74, 6) is 0.664. The van der Waals surface area contributed by atoms with Crippen LogP contribution in [-0.4, -0.2) is 12.2 Å². The van der Waals surface area contributed by atoms with Gasteiger partial charge in [0.25, 0.3) is 0 Å². The minimum absolute atomic E-state index is 0.664. The van der Waals surface area contributed by atoms with Crippen LogP contribution in [0.5, 0.6) is 5.75 Å². The van der Waals surface area contributed by atoms with E-state index in [0.29, 0.717) is 5.75 Å². The molecule has 1 atom stereocenters. The van der Waals surface area contributed by atoms with Crippen LogP contribution in [0.15, 0.2) is 24.3 Å². The molecule has 1 aromatic carbocycles. The largest absolute Gasteiger partial charge is 0.496 e. The van der Waals surface area contributed by atoms with Crippen molar-refractivity contribution >= 4 is 0 Å². The van der Waals surface area contributed by atoms with Gasteiger partial charge in [-0.1, -0.05) is 50.3 Å². The van der Waals surface area contributed by atoms with Gasteiger partial charge in [-0.15, -0.1) is 0 Å². The molecule has 108 valence electrons. The maximum Gasteiger partial charge on any atom is 0.124 e. The Hall–Kier alpha value is -1.53. The zero-order valence-corrected chi connectivity index (χ0v) is 12.1. The van der Waals surface area contributed by atoms with E-state index in [0.717, 1.165) is 44.1 Å². The van der Waals surface area contributed by atoms with Gasteiger partial charge in [0, 0.05) is 5.56 Å². The van der Waals surface area contributed by atoms with E-state index in [1.54, 1.807) is 7.11 Å². The first kappa shape index (κ1) is 14.9. The number of methoxy groups -OCH3 is 1. The molecule has 0 radical (unpaired) electrons. The summed E-state index contributed by atoms with van der Waals surface area (Å²) in [6.07, 6.45) is 6.34. The third-order valence-corrected chi connectivity index (χ3v) is 4.43. The zero-order chi connectivity index (χ0) is 14.4. The van der Waals surface area contributed by atoms with Gasteiger partial charge in [-0.3, -0.25) is 0 Å². The summed E-state index contributed by atoms with van der Waals surface area (Å²) in [6, 6.07) is 9.90. The van der Waals surface area contributed by atoms with E-state index in [1.165, 1.54) is 6.42 Å². The van der Waals surface area contributed by atoms with Crippen LogP contribution >= 0.6 is 0 Å². The van der Waals surface area contributed by atoms with Crippen molar-refractivity contribution in [2.24, 2.45) is 5.41 Å². The van der Waals surface area contributed by atoms with Crippen LogP contribution in [0.4, 0.5) is 0 Å². The van der Waals surface area contributed by atoms with Gasteiger partial charge in [-0.25, -0.2) is 0 Å². The summed E-state index contributed by atoms with van der Waals surface area (Å²) in [6.45, 7) is 0. The van der Waals surface area contributed by atoms with Crippen molar-refractivity contribution in [3.63, 3.8) is 0 Å². The Labute approximate surface area is 121 Å². The Bertz CT molecular complexity index is 470. The molecule has 0 amide bonds. The molecule has 20 heavy (non-hydrogen) atoms. The molecule has 0 aliphatic heterocycles. The molecule has 1 aliphatic rings. The molecule has 1 saturated carbocycles. The zero-order valence-electron chi connectivity index (χ0n) is 12.1. The highest BCUT2D eigenvalue weighted by Crippen LogP contribution is 2.46. The van der Waals surface area contributed by atoms with Crippen LogP contribution in [0.25, 0.3) is 0 Å². The first-order chi connectivity index (χ1) is 9.73. The molecule has 1 N–H and O–H groups in total. The van der Waals surface area contributed by atoms with Gasteiger partial charge in [-0.2, -0.15) is 5.26 Å². The Balaban J connectivity index is 2.31. The highest BCUT2D eigenvalue weighted by molar-refractivity contribution is 5.37. The van der Waals surface area contributed by atoms with Crippen LogP contribution in [0, 0.1) is 16.7 Å². The maximum absolute atomic E-state index is 10.8. The molecule has 1 fully saturated rings. The molecule has 0 saturated heterocycles. The lowest BCUT2D eigenvalue weighted by atomic mass is 9.71. The number of ether oxygens (including phenoxy) is 1. The highest BCUT2D eigenvalue weighted by atomic mass is 16.5. The third kappa shape index (κ3) is 2.96. The van der Waals surface area contributed by atoms with Crippen LogP contribution in [0.2, 0.25) is 0 Å². The maximum atomic E-state index is 10.8. The number of nitriles is 1. The van der Waals surface area contributed by atoms with Crippen LogP contribution in [-0.2, 0) is 0 Å². The van der Waals surface area contributed by atoms with E-state index in [1.807, 2.05) is 24.3 Å². The van der Waals surface area contributed by atoms with Gasteiger partial charge in [-0.05, 0) is 18.9 Å². The smallest absolute Gasteiger partial charge is 0.124 e. The Morgan fingerprint density at radius 2 is 1.75 bits per heavy atom. The fourth-order valence-electron chi connectivity index (χ4n) is 3.17. The van der Waals surface area contributed by atoms with Crippen LogP contribution in [0.3, 0.4) is 0 Å². The van der Waals surface area contributed by atoms with Crippen molar-refractivity contribution in [1.82, 2.24) is 0 Å².